The Balaban J connectivity index is 1.79. The number of amides is 1. The van der Waals surface area contributed by atoms with Crippen LogP contribution < -0.4 is 10.2 Å². The first-order valence-electron chi connectivity index (χ1n) is 9.67. The third-order valence-electron chi connectivity index (χ3n) is 4.73. The Morgan fingerprint density at radius 1 is 1.04 bits per heavy atom. The fourth-order valence-electron chi connectivity index (χ4n) is 3.04. The Morgan fingerprint density at radius 3 is 2.39 bits per heavy atom. The van der Waals surface area contributed by atoms with Crippen LogP contribution in [-0.2, 0) is 6.42 Å². The van der Waals surface area contributed by atoms with Gasteiger partial charge in [-0.15, -0.1) is 0 Å². The van der Waals surface area contributed by atoms with Gasteiger partial charge in [-0.1, -0.05) is 49.4 Å². The Morgan fingerprint density at radius 2 is 1.75 bits per heavy atom. The number of hydrogen-bond acceptors (Lipinski definition) is 4. The molecule has 3 aromatic rings. The van der Waals surface area contributed by atoms with Crippen LogP contribution in [0.1, 0.15) is 48.3 Å². The van der Waals surface area contributed by atoms with E-state index in [0.717, 1.165) is 12.0 Å². The molecule has 5 heteroatoms. The molecule has 0 aliphatic rings. The zero-order valence-corrected chi connectivity index (χ0v) is 16.6. The molecule has 0 saturated carbocycles. The molecule has 0 saturated heterocycles. The second kappa shape index (κ2) is 9.13. The highest BCUT2D eigenvalue weighted by molar-refractivity contribution is 6.05. The zero-order valence-electron chi connectivity index (χ0n) is 16.6. The maximum atomic E-state index is 13.0. The molecule has 5 nitrogen and oxygen atoms in total. The standard InChI is InChI=1S/C23H26N4O/c1-4-18-11-13-20(14-12-18)22(28)27(5-2)21-15-16-24-23(26-21)25-17(3)19-9-7-6-8-10-19/h6-17H,4-5H2,1-3H3,(H,24,25,26)/t17-/m0/s1. The summed E-state index contributed by atoms with van der Waals surface area (Å²) in [6.45, 7) is 6.63. The first-order valence-corrected chi connectivity index (χ1v) is 9.67. The van der Waals surface area contributed by atoms with Gasteiger partial charge in [-0.2, -0.15) is 4.98 Å². The zero-order chi connectivity index (χ0) is 19.9. The van der Waals surface area contributed by atoms with Crippen molar-refractivity contribution in [3.8, 4) is 0 Å². The average molecular weight is 374 g/mol. The van der Waals surface area contributed by atoms with Crippen LogP contribution in [0.15, 0.2) is 66.9 Å². The quantitative estimate of drug-likeness (QED) is 0.640. The summed E-state index contributed by atoms with van der Waals surface area (Å²) >= 11 is 0. The van der Waals surface area contributed by atoms with Gasteiger partial charge in [0.05, 0.1) is 6.04 Å². The molecule has 0 spiro atoms. The summed E-state index contributed by atoms with van der Waals surface area (Å²) in [6, 6.07) is 19.7. The topological polar surface area (TPSA) is 58.1 Å². The van der Waals surface area contributed by atoms with Gasteiger partial charge in [0.2, 0.25) is 5.95 Å². The third kappa shape index (κ3) is 4.55. The number of rotatable bonds is 7. The predicted molar refractivity (Wildman–Crippen MR) is 114 cm³/mol. The smallest absolute Gasteiger partial charge is 0.259 e. The van der Waals surface area contributed by atoms with Crippen molar-refractivity contribution in [2.45, 2.75) is 33.2 Å². The van der Waals surface area contributed by atoms with Crippen molar-refractivity contribution in [1.82, 2.24) is 9.97 Å². The van der Waals surface area contributed by atoms with Crippen LogP contribution in [0, 0.1) is 0 Å². The molecule has 1 aromatic heterocycles. The molecule has 0 fully saturated rings. The van der Waals surface area contributed by atoms with Crippen LogP contribution in [0.3, 0.4) is 0 Å². The monoisotopic (exact) mass is 374 g/mol. The largest absolute Gasteiger partial charge is 0.348 e. The van der Waals surface area contributed by atoms with Crippen LogP contribution in [0.2, 0.25) is 0 Å². The number of nitrogens with one attached hydrogen (secondary N) is 1. The molecule has 0 aliphatic heterocycles. The highest BCUT2D eigenvalue weighted by atomic mass is 16.2. The number of hydrogen-bond donors (Lipinski definition) is 1. The Kier molecular flexibility index (Phi) is 6.37. The van der Waals surface area contributed by atoms with Gasteiger partial charge in [0.1, 0.15) is 5.82 Å². The molecule has 0 aliphatic carbocycles. The number of benzene rings is 2. The van der Waals surface area contributed by atoms with E-state index in [1.165, 1.54) is 5.56 Å². The summed E-state index contributed by atoms with van der Waals surface area (Å²) in [5, 5.41) is 3.31. The van der Waals surface area contributed by atoms with Gasteiger partial charge < -0.3 is 5.32 Å². The summed E-state index contributed by atoms with van der Waals surface area (Å²) in [6.07, 6.45) is 2.63. The number of carbonyl (C=O) groups is 1. The van der Waals surface area contributed by atoms with Gasteiger partial charge in [0.15, 0.2) is 0 Å². The average Bonchev–Trinajstić information content (AvgIpc) is 2.75. The summed E-state index contributed by atoms with van der Waals surface area (Å²) in [5.41, 5.74) is 3.02. The molecule has 0 unspecified atom stereocenters. The molecule has 1 heterocycles. The van der Waals surface area contributed by atoms with E-state index in [4.69, 9.17) is 0 Å². The Hall–Kier alpha value is -3.21. The van der Waals surface area contributed by atoms with Crippen molar-refractivity contribution >= 4 is 17.7 Å². The van der Waals surface area contributed by atoms with Crippen molar-refractivity contribution in [1.29, 1.82) is 0 Å². The molecule has 0 radical (unpaired) electrons. The lowest BCUT2D eigenvalue weighted by molar-refractivity contribution is 0.0987. The predicted octanol–water partition coefficient (Wildman–Crippen LogP) is 4.88. The number of aromatic nitrogens is 2. The number of carbonyl (C=O) groups excluding carboxylic acids is 1. The second-order valence-corrected chi connectivity index (χ2v) is 6.62. The number of nitrogens with zero attached hydrogens (tertiary/aromatic N) is 3. The molecule has 2 aromatic carbocycles. The fourth-order valence-corrected chi connectivity index (χ4v) is 3.04. The van der Waals surface area contributed by atoms with E-state index in [1.807, 2.05) is 49.4 Å². The molecule has 144 valence electrons. The Bertz CT molecular complexity index is 909. The van der Waals surface area contributed by atoms with Crippen LogP contribution >= 0.6 is 0 Å². The highest BCUT2D eigenvalue weighted by Crippen LogP contribution is 2.20. The van der Waals surface area contributed by atoms with Crippen LogP contribution in [0.5, 0.6) is 0 Å². The summed E-state index contributed by atoms with van der Waals surface area (Å²) < 4.78 is 0. The highest BCUT2D eigenvalue weighted by Gasteiger charge is 2.18. The first kappa shape index (κ1) is 19.5. The summed E-state index contributed by atoms with van der Waals surface area (Å²) in [7, 11) is 0. The summed E-state index contributed by atoms with van der Waals surface area (Å²) in [4.78, 5) is 23.5. The van der Waals surface area contributed by atoms with E-state index < -0.39 is 0 Å². The minimum atomic E-state index is -0.0640. The third-order valence-corrected chi connectivity index (χ3v) is 4.73. The van der Waals surface area contributed by atoms with Gasteiger partial charge in [-0.25, -0.2) is 4.98 Å². The molecular formula is C23H26N4O. The van der Waals surface area contributed by atoms with E-state index in [2.05, 4.69) is 41.3 Å². The maximum Gasteiger partial charge on any atom is 0.259 e. The van der Waals surface area contributed by atoms with Crippen molar-refractivity contribution in [3.05, 3.63) is 83.6 Å². The van der Waals surface area contributed by atoms with E-state index in [1.54, 1.807) is 17.2 Å². The normalized spacial score (nSPS) is 11.7. The van der Waals surface area contributed by atoms with E-state index in [-0.39, 0.29) is 11.9 Å². The van der Waals surface area contributed by atoms with Gasteiger partial charge in [-0.3, -0.25) is 9.69 Å². The molecule has 28 heavy (non-hydrogen) atoms. The SMILES string of the molecule is CCc1ccc(C(=O)N(CC)c2ccnc(N[C@@H](C)c3ccccc3)n2)cc1. The van der Waals surface area contributed by atoms with Gasteiger partial charge in [0.25, 0.3) is 5.91 Å². The maximum absolute atomic E-state index is 13.0. The van der Waals surface area contributed by atoms with Crippen LogP contribution in [-0.4, -0.2) is 22.4 Å². The van der Waals surface area contributed by atoms with Crippen LogP contribution in [0.25, 0.3) is 0 Å². The van der Waals surface area contributed by atoms with Crippen LogP contribution in [0.4, 0.5) is 11.8 Å². The molecule has 1 atom stereocenters. The Labute approximate surface area is 166 Å². The van der Waals surface area contributed by atoms with E-state index >= 15 is 0 Å². The number of anilines is 2. The van der Waals surface area contributed by atoms with Crippen molar-refractivity contribution < 1.29 is 4.79 Å². The molecular weight excluding hydrogens is 348 g/mol. The van der Waals surface area contributed by atoms with E-state index in [9.17, 15) is 4.79 Å². The first-order chi connectivity index (χ1) is 13.6. The van der Waals surface area contributed by atoms with Gasteiger partial charge in [0, 0.05) is 18.3 Å². The lowest BCUT2D eigenvalue weighted by Crippen LogP contribution is -2.31. The van der Waals surface area contributed by atoms with E-state index in [0.29, 0.717) is 23.9 Å². The van der Waals surface area contributed by atoms with Crippen molar-refractivity contribution in [2.24, 2.45) is 0 Å². The fraction of sp³-hybridized carbons (Fsp3) is 0.261. The molecule has 1 N–H and O–H groups in total. The van der Waals surface area contributed by atoms with Gasteiger partial charge in [-0.05, 0) is 49.6 Å². The minimum absolute atomic E-state index is 0.0591. The molecule has 3 rings (SSSR count). The van der Waals surface area contributed by atoms with Gasteiger partial charge >= 0.3 is 0 Å². The number of aryl methyl sites for hydroxylation is 1. The summed E-state index contributed by atoms with van der Waals surface area (Å²) in [5.74, 6) is 1.03. The molecule has 0 bridgehead atoms. The minimum Gasteiger partial charge on any atom is -0.348 e. The molecule has 1 amide bonds. The van der Waals surface area contributed by atoms with Crippen molar-refractivity contribution in [2.75, 3.05) is 16.8 Å². The second-order valence-electron chi connectivity index (χ2n) is 6.62. The lowest BCUT2D eigenvalue weighted by atomic mass is 10.1. The lowest BCUT2D eigenvalue weighted by Gasteiger charge is -2.21. The van der Waals surface area contributed by atoms with Crippen molar-refractivity contribution in [3.63, 3.8) is 0 Å².